The van der Waals surface area contributed by atoms with Crippen molar-refractivity contribution in [2.75, 3.05) is 0 Å². The molecule has 1 aromatic rings. The smallest absolute Gasteiger partial charge is 0.193 e. The lowest BCUT2D eigenvalue weighted by molar-refractivity contribution is 0.496. The van der Waals surface area contributed by atoms with Crippen LogP contribution in [0.3, 0.4) is 0 Å². The predicted octanol–water partition coefficient (Wildman–Crippen LogP) is 2.12. The second-order valence-electron chi connectivity index (χ2n) is 1.90. The van der Waals surface area contributed by atoms with Crippen LogP contribution in [-0.4, -0.2) is 0 Å². The lowest BCUT2D eigenvalue weighted by Gasteiger charge is -1.98. The molecule has 0 saturated heterocycles. The monoisotopic (exact) mass is 157 g/mol. The van der Waals surface area contributed by atoms with Crippen molar-refractivity contribution >= 4 is 11.6 Å². The van der Waals surface area contributed by atoms with Gasteiger partial charge in [-0.25, -0.2) is 0 Å². The molecule has 0 aromatic carbocycles. The van der Waals surface area contributed by atoms with Gasteiger partial charge in [-0.15, -0.1) is 6.58 Å². The first-order chi connectivity index (χ1) is 4.74. The quantitative estimate of drug-likeness (QED) is 0.668. The van der Waals surface area contributed by atoms with Gasteiger partial charge in [0.1, 0.15) is 5.76 Å². The van der Waals surface area contributed by atoms with Gasteiger partial charge >= 0.3 is 0 Å². The van der Waals surface area contributed by atoms with Crippen LogP contribution in [-0.2, 0) is 0 Å². The molecule has 0 aliphatic rings. The maximum atomic E-state index is 5.54. The summed E-state index contributed by atoms with van der Waals surface area (Å²) in [5.41, 5.74) is 5.54. The van der Waals surface area contributed by atoms with Crippen LogP contribution in [0, 0.1) is 0 Å². The molecule has 2 N–H and O–H groups in total. The van der Waals surface area contributed by atoms with Crippen molar-refractivity contribution in [3.8, 4) is 0 Å². The molecular formula is C7H8ClNO. The van der Waals surface area contributed by atoms with E-state index in [9.17, 15) is 0 Å². The molecule has 0 amide bonds. The number of halogens is 1. The van der Waals surface area contributed by atoms with E-state index in [1.807, 2.05) is 0 Å². The Hall–Kier alpha value is -0.730. The molecule has 0 bridgehead atoms. The Labute approximate surface area is 64.3 Å². The summed E-state index contributed by atoms with van der Waals surface area (Å²) in [6, 6.07) is 3.13. The molecule has 0 aliphatic heterocycles. The first-order valence-electron chi connectivity index (χ1n) is 2.87. The van der Waals surface area contributed by atoms with Gasteiger partial charge in [0.2, 0.25) is 0 Å². The predicted molar refractivity (Wildman–Crippen MR) is 40.8 cm³/mol. The molecule has 0 aliphatic carbocycles. The highest BCUT2D eigenvalue weighted by atomic mass is 35.5. The highest BCUT2D eigenvalue weighted by molar-refractivity contribution is 6.28. The fourth-order valence-electron chi connectivity index (χ4n) is 0.624. The minimum atomic E-state index is -0.257. The van der Waals surface area contributed by atoms with E-state index >= 15 is 0 Å². The van der Waals surface area contributed by atoms with Gasteiger partial charge in [0.05, 0.1) is 6.04 Å². The van der Waals surface area contributed by atoms with Gasteiger partial charge < -0.3 is 10.2 Å². The van der Waals surface area contributed by atoms with Crippen LogP contribution in [0.2, 0.25) is 5.22 Å². The molecule has 1 rings (SSSR count). The zero-order valence-corrected chi connectivity index (χ0v) is 6.14. The van der Waals surface area contributed by atoms with Gasteiger partial charge in [0, 0.05) is 0 Å². The first-order valence-corrected chi connectivity index (χ1v) is 3.25. The molecule has 1 aromatic heterocycles. The zero-order chi connectivity index (χ0) is 7.56. The lowest BCUT2D eigenvalue weighted by Crippen LogP contribution is -2.04. The van der Waals surface area contributed by atoms with Crippen molar-refractivity contribution in [1.29, 1.82) is 0 Å². The van der Waals surface area contributed by atoms with E-state index in [-0.39, 0.29) is 6.04 Å². The summed E-state index contributed by atoms with van der Waals surface area (Å²) in [4.78, 5) is 0. The molecule has 0 spiro atoms. The van der Waals surface area contributed by atoms with E-state index in [2.05, 4.69) is 6.58 Å². The second-order valence-corrected chi connectivity index (χ2v) is 2.28. The van der Waals surface area contributed by atoms with E-state index in [1.54, 1.807) is 18.2 Å². The average Bonchev–Trinajstić information content (AvgIpc) is 2.34. The Morgan fingerprint density at radius 2 is 2.40 bits per heavy atom. The van der Waals surface area contributed by atoms with Crippen molar-refractivity contribution in [3.05, 3.63) is 35.8 Å². The summed E-state index contributed by atoms with van der Waals surface area (Å²) in [5.74, 6) is 0.639. The molecule has 10 heavy (non-hydrogen) atoms. The van der Waals surface area contributed by atoms with Crippen LogP contribution in [0.5, 0.6) is 0 Å². The molecule has 0 unspecified atom stereocenters. The number of nitrogens with two attached hydrogens (primary N) is 1. The van der Waals surface area contributed by atoms with Gasteiger partial charge in [-0.2, -0.15) is 0 Å². The van der Waals surface area contributed by atoms with E-state index in [0.29, 0.717) is 11.0 Å². The van der Waals surface area contributed by atoms with Crippen LogP contribution in [0.15, 0.2) is 29.2 Å². The summed E-state index contributed by atoms with van der Waals surface area (Å²) >= 11 is 5.50. The highest BCUT2D eigenvalue weighted by Crippen LogP contribution is 2.18. The van der Waals surface area contributed by atoms with E-state index in [1.165, 1.54) is 0 Å². The lowest BCUT2D eigenvalue weighted by atomic mass is 10.2. The Kier molecular flexibility index (Phi) is 2.14. The number of hydrogen-bond acceptors (Lipinski definition) is 2. The van der Waals surface area contributed by atoms with Gasteiger partial charge in [0.15, 0.2) is 5.22 Å². The van der Waals surface area contributed by atoms with Crippen LogP contribution in [0.1, 0.15) is 11.8 Å². The second kappa shape index (κ2) is 2.90. The molecular weight excluding hydrogens is 150 g/mol. The first kappa shape index (κ1) is 7.38. The van der Waals surface area contributed by atoms with Crippen molar-refractivity contribution in [1.82, 2.24) is 0 Å². The number of furan rings is 1. The fourth-order valence-corrected chi connectivity index (χ4v) is 0.776. The third-order valence-electron chi connectivity index (χ3n) is 1.18. The minimum absolute atomic E-state index is 0.257. The summed E-state index contributed by atoms with van der Waals surface area (Å²) < 4.78 is 5.01. The molecule has 2 nitrogen and oxygen atoms in total. The normalized spacial score (nSPS) is 13.0. The fraction of sp³-hybridized carbons (Fsp3) is 0.143. The van der Waals surface area contributed by atoms with Crippen LogP contribution < -0.4 is 5.73 Å². The minimum Gasteiger partial charge on any atom is -0.448 e. The van der Waals surface area contributed by atoms with Crippen molar-refractivity contribution in [3.63, 3.8) is 0 Å². The summed E-state index contributed by atoms with van der Waals surface area (Å²) in [5, 5.41) is 0.354. The molecule has 0 fully saturated rings. The topological polar surface area (TPSA) is 39.2 Å². The van der Waals surface area contributed by atoms with Gasteiger partial charge in [-0.05, 0) is 23.7 Å². The summed E-state index contributed by atoms with van der Waals surface area (Å²) in [6.07, 6.45) is 1.59. The molecule has 54 valence electrons. The Morgan fingerprint density at radius 3 is 2.80 bits per heavy atom. The zero-order valence-electron chi connectivity index (χ0n) is 5.38. The highest BCUT2D eigenvalue weighted by Gasteiger charge is 2.04. The van der Waals surface area contributed by atoms with Gasteiger partial charge in [-0.3, -0.25) is 0 Å². The van der Waals surface area contributed by atoms with Crippen LogP contribution >= 0.6 is 11.6 Å². The van der Waals surface area contributed by atoms with E-state index in [0.717, 1.165) is 0 Å². The van der Waals surface area contributed by atoms with Crippen LogP contribution in [0.4, 0.5) is 0 Å². The Bertz CT molecular complexity index is 231. The van der Waals surface area contributed by atoms with Crippen molar-refractivity contribution < 1.29 is 4.42 Å². The number of rotatable bonds is 2. The largest absolute Gasteiger partial charge is 0.448 e. The third kappa shape index (κ3) is 1.40. The van der Waals surface area contributed by atoms with Crippen molar-refractivity contribution in [2.24, 2.45) is 5.73 Å². The van der Waals surface area contributed by atoms with Crippen LogP contribution in [0.25, 0.3) is 0 Å². The Morgan fingerprint density at radius 1 is 1.70 bits per heavy atom. The van der Waals surface area contributed by atoms with E-state index < -0.39 is 0 Å². The molecule has 1 heterocycles. The van der Waals surface area contributed by atoms with E-state index in [4.69, 9.17) is 21.8 Å². The molecule has 3 heteroatoms. The van der Waals surface area contributed by atoms with Gasteiger partial charge in [0.25, 0.3) is 0 Å². The summed E-state index contributed by atoms with van der Waals surface area (Å²) in [7, 11) is 0. The Balaban J connectivity index is 2.84. The summed E-state index contributed by atoms with van der Waals surface area (Å²) in [6.45, 7) is 3.52. The number of hydrogen-bond donors (Lipinski definition) is 1. The maximum Gasteiger partial charge on any atom is 0.193 e. The van der Waals surface area contributed by atoms with Crippen molar-refractivity contribution in [2.45, 2.75) is 6.04 Å². The molecule has 0 saturated carbocycles. The molecule has 0 radical (unpaired) electrons. The van der Waals surface area contributed by atoms with Gasteiger partial charge in [-0.1, -0.05) is 6.08 Å². The third-order valence-corrected chi connectivity index (χ3v) is 1.38. The molecule has 1 atom stereocenters. The standard InChI is InChI=1S/C7H8ClNO/c1-2-5(9)6-3-4-7(8)10-6/h2-5H,1,9H2/t5-/m1/s1. The SMILES string of the molecule is C=C[C@@H](N)c1ccc(Cl)o1. The maximum absolute atomic E-state index is 5.54. The average molecular weight is 158 g/mol.